The Morgan fingerprint density at radius 1 is 1.12 bits per heavy atom. The molecule has 7 heteroatoms. The van der Waals surface area contributed by atoms with Crippen LogP contribution in [0.15, 0.2) is 60.8 Å². The van der Waals surface area contributed by atoms with Crippen molar-refractivity contribution < 1.29 is 13.9 Å². The number of nitrogens with zero attached hydrogens (tertiary/aromatic N) is 2. The van der Waals surface area contributed by atoms with E-state index in [4.69, 9.17) is 4.74 Å². The van der Waals surface area contributed by atoms with E-state index in [2.05, 4.69) is 20.6 Å². The number of nitrogens with one attached hydrogen (secondary N) is 2. The fourth-order valence-corrected chi connectivity index (χ4v) is 2.35. The number of para-hydroxylation sites is 1. The molecule has 1 heterocycles. The van der Waals surface area contributed by atoms with Crippen LogP contribution >= 0.6 is 0 Å². The number of carbonyl (C=O) groups excluding carboxylic acids is 1. The number of hydrogen-bond donors (Lipinski definition) is 2. The van der Waals surface area contributed by atoms with Gasteiger partial charge in [-0.3, -0.25) is 0 Å². The van der Waals surface area contributed by atoms with Gasteiger partial charge in [-0.2, -0.15) is 4.98 Å². The molecule has 26 heavy (non-hydrogen) atoms. The van der Waals surface area contributed by atoms with Gasteiger partial charge in [0.15, 0.2) is 0 Å². The second-order valence-corrected chi connectivity index (χ2v) is 5.37. The van der Waals surface area contributed by atoms with Crippen LogP contribution in [0.3, 0.4) is 0 Å². The Labute approximate surface area is 150 Å². The van der Waals surface area contributed by atoms with E-state index < -0.39 is 5.97 Å². The lowest BCUT2D eigenvalue weighted by molar-refractivity contribution is 0.0602. The standard InChI is InChI=1S/C19H17FN4O2/c1-26-18(25)14-7-3-5-9-16(14)23-17-10-11-21-19(24-17)22-12-13-6-2-4-8-15(13)20/h2-11H,12H2,1H3,(H2,21,22,23,24). The number of hydrogen-bond acceptors (Lipinski definition) is 6. The number of halogens is 1. The molecular weight excluding hydrogens is 335 g/mol. The highest BCUT2D eigenvalue weighted by atomic mass is 19.1. The number of esters is 1. The third-order valence-electron chi connectivity index (χ3n) is 3.65. The average Bonchev–Trinajstić information content (AvgIpc) is 2.67. The van der Waals surface area contributed by atoms with Crippen molar-refractivity contribution in [2.45, 2.75) is 6.54 Å². The molecule has 0 amide bonds. The number of carbonyl (C=O) groups is 1. The predicted molar refractivity (Wildman–Crippen MR) is 96.8 cm³/mol. The molecule has 0 spiro atoms. The molecule has 0 unspecified atom stereocenters. The van der Waals surface area contributed by atoms with Gasteiger partial charge in [-0.15, -0.1) is 0 Å². The second kappa shape index (κ2) is 8.06. The zero-order valence-electron chi connectivity index (χ0n) is 14.1. The van der Waals surface area contributed by atoms with E-state index in [1.165, 1.54) is 13.2 Å². The van der Waals surface area contributed by atoms with Crippen molar-refractivity contribution in [2.24, 2.45) is 0 Å². The molecule has 0 radical (unpaired) electrons. The summed E-state index contributed by atoms with van der Waals surface area (Å²) in [5.74, 6) is 0.0996. The van der Waals surface area contributed by atoms with Crippen LogP contribution in [0.25, 0.3) is 0 Å². The molecule has 0 bridgehead atoms. The Balaban J connectivity index is 1.74. The number of ether oxygens (including phenoxy) is 1. The number of methoxy groups -OCH3 is 1. The summed E-state index contributed by atoms with van der Waals surface area (Å²) in [6.45, 7) is 0.259. The summed E-state index contributed by atoms with van der Waals surface area (Å²) in [7, 11) is 1.33. The molecule has 0 aliphatic carbocycles. The predicted octanol–water partition coefficient (Wildman–Crippen LogP) is 3.76. The number of rotatable bonds is 6. The van der Waals surface area contributed by atoms with E-state index >= 15 is 0 Å². The molecule has 0 aliphatic rings. The Bertz CT molecular complexity index is 917. The van der Waals surface area contributed by atoms with E-state index in [9.17, 15) is 9.18 Å². The SMILES string of the molecule is COC(=O)c1ccccc1Nc1ccnc(NCc2ccccc2F)n1. The molecule has 3 aromatic rings. The van der Waals surface area contributed by atoms with Gasteiger partial charge < -0.3 is 15.4 Å². The molecule has 1 aromatic heterocycles. The van der Waals surface area contributed by atoms with E-state index in [-0.39, 0.29) is 12.4 Å². The van der Waals surface area contributed by atoms with Crippen molar-refractivity contribution >= 4 is 23.4 Å². The molecule has 0 fully saturated rings. The van der Waals surface area contributed by atoms with Gasteiger partial charge in [0.1, 0.15) is 11.6 Å². The Kier molecular flexibility index (Phi) is 5.38. The minimum Gasteiger partial charge on any atom is -0.465 e. The third kappa shape index (κ3) is 4.13. The number of aromatic nitrogens is 2. The highest BCUT2D eigenvalue weighted by Gasteiger charge is 2.11. The normalized spacial score (nSPS) is 10.2. The Morgan fingerprint density at radius 3 is 2.69 bits per heavy atom. The molecule has 3 rings (SSSR count). The van der Waals surface area contributed by atoms with Gasteiger partial charge >= 0.3 is 5.97 Å². The van der Waals surface area contributed by atoms with E-state index in [0.717, 1.165) is 0 Å². The van der Waals surface area contributed by atoms with Gasteiger partial charge in [-0.1, -0.05) is 30.3 Å². The molecule has 0 aliphatic heterocycles. The number of benzene rings is 2. The van der Waals surface area contributed by atoms with Crippen LogP contribution in [-0.4, -0.2) is 23.0 Å². The molecule has 6 nitrogen and oxygen atoms in total. The van der Waals surface area contributed by atoms with Crippen molar-refractivity contribution in [3.05, 3.63) is 77.7 Å². The van der Waals surface area contributed by atoms with E-state index in [1.54, 1.807) is 54.7 Å². The average molecular weight is 352 g/mol. The van der Waals surface area contributed by atoms with Crippen molar-refractivity contribution in [1.82, 2.24) is 9.97 Å². The first-order valence-corrected chi connectivity index (χ1v) is 7.92. The zero-order chi connectivity index (χ0) is 18.4. The summed E-state index contributed by atoms with van der Waals surface area (Å²) in [5.41, 5.74) is 1.48. The maximum absolute atomic E-state index is 13.7. The molecule has 0 saturated heterocycles. The van der Waals surface area contributed by atoms with Crippen LogP contribution in [0, 0.1) is 5.82 Å². The first-order valence-electron chi connectivity index (χ1n) is 7.92. The van der Waals surface area contributed by atoms with Gasteiger partial charge in [-0.25, -0.2) is 14.2 Å². The van der Waals surface area contributed by atoms with Crippen molar-refractivity contribution in [1.29, 1.82) is 0 Å². The molecule has 0 saturated carbocycles. The van der Waals surface area contributed by atoms with Crippen molar-refractivity contribution in [3.8, 4) is 0 Å². The fraction of sp³-hybridized carbons (Fsp3) is 0.105. The van der Waals surface area contributed by atoms with Crippen LogP contribution in [0.1, 0.15) is 15.9 Å². The number of anilines is 3. The van der Waals surface area contributed by atoms with Crippen molar-refractivity contribution in [3.63, 3.8) is 0 Å². The van der Waals surface area contributed by atoms with Crippen LogP contribution in [-0.2, 0) is 11.3 Å². The summed E-state index contributed by atoms with van der Waals surface area (Å²) < 4.78 is 18.5. The largest absolute Gasteiger partial charge is 0.465 e. The van der Waals surface area contributed by atoms with Crippen LogP contribution in [0.2, 0.25) is 0 Å². The second-order valence-electron chi connectivity index (χ2n) is 5.37. The van der Waals surface area contributed by atoms with Crippen molar-refractivity contribution in [2.75, 3.05) is 17.7 Å². The highest BCUT2D eigenvalue weighted by molar-refractivity contribution is 5.96. The summed E-state index contributed by atoms with van der Waals surface area (Å²) >= 11 is 0. The lowest BCUT2D eigenvalue weighted by atomic mass is 10.2. The van der Waals surface area contributed by atoms with E-state index in [1.807, 2.05) is 0 Å². The fourth-order valence-electron chi connectivity index (χ4n) is 2.35. The maximum atomic E-state index is 13.7. The van der Waals surface area contributed by atoms with Gasteiger partial charge in [0, 0.05) is 18.3 Å². The Morgan fingerprint density at radius 2 is 1.88 bits per heavy atom. The minimum absolute atomic E-state index is 0.259. The highest BCUT2D eigenvalue weighted by Crippen LogP contribution is 2.21. The topological polar surface area (TPSA) is 76.1 Å². The summed E-state index contributed by atoms with van der Waals surface area (Å²) in [4.78, 5) is 20.3. The third-order valence-corrected chi connectivity index (χ3v) is 3.65. The van der Waals surface area contributed by atoms with E-state index in [0.29, 0.717) is 28.6 Å². The minimum atomic E-state index is -0.444. The molecule has 2 aromatic carbocycles. The maximum Gasteiger partial charge on any atom is 0.339 e. The van der Waals surface area contributed by atoms with Gasteiger partial charge in [0.25, 0.3) is 0 Å². The molecule has 0 atom stereocenters. The smallest absolute Gasteiger partial charge is 0.339 e. The van der Waals surface area contributed by atoms with Gasteiger partial charge in [-0.05, 0) is 24.3 Å². The van der Waals surface area contributed by atoms with Crippen LogP contribution < -0.4 is 10.6 Å². The van der Waals surface area contributed by atoms with Gasteiger partial charge in [0.05, 0.1) is 18.4 Å². The Hall–Kier alpha value is -3.48. The summed E-state index contributed by atoms with van der Waals surface area (Å²) in [6, 6.07) is 15.1. The first-order chi connectivity index (χ1) is 12.7. The molecular formula is C19H17FN4O2. The van der Waals surface area contributed by atoms with Gasteiger partial charge in [0.2, 0.25) is 5.95 Å². The molecule has 2 N–H and O–H groups in total. The first kappa shape index (κ1) is 17.3. The van der Waals surface area contributed by atoms with Crippen LogP contribution in [0.4, 0.5) is 21.8 Å². The quantitative estimate of drug-likeness (QED) is 0.658. The summed E-state index contributed by atoms with van der Waals surface area (Å²) in [6.07, 6.45) is 1.57. The summed E-state index contributed by atoms with van der Waals surface area (Å²) in [5, 5.41) is 6.05. The van der Waals surface area contributed by atoms with Crippen LogP contribution in [0.5, 0.6) is 0 Å². The monoisotopic (exact) mass is 352 g/mol. The zero-order valence-corrected chi connectivity index (χ0v) is 14.1. The molecule has 132 valence electrons. The lowest BCUT2D eigenvalue weighted by Gasteiger charge is -2.11. The lowest BCUT2D eigenvalue weighted by Crippen LogP contribution is -2.08.